The summed E-state index contributed by atoms with van der Waals surface area (Å²) in [7, 11) is 0. The van der Waals surface area contributed by atoms with Crippen molar-refractivity contribution in [2.24, 2.45) is 5.10 Å². The van der Waals surface area contributed by atoms with E-state index in [0.29, 0.717) is 48.8 Å². The molecule has 1 fully saturated rings. The number of phenols is 1. The van der Waals surface area contributed by atoms with E-state index in [0.717, 1.165) is 18.3 Å². The van der Waals surface area contributed by atoms with Crippen LogP contribution in [0.1, 0.15) is 22.4 Å². The van der Waals surface area contributed by atoms with Gasteiger partial charge in [-0.25, -0.2) is 14.8 Å². The minimum atomic E-state index is -4.53. The highest BCUT2D eigenvalue weighted by Gasteiger charge is 2.31. The largest absolute Gasteiger partial charge is 0.508 e. The van der Waals surface area contributed by atoms with Crippen molar-refractivity contribution < 1.29 is 27.4 Å². The molecule has 3 heterocycles. The first-order valence-corrected chi connectivity index (χ1v) is 12.6. The van der Waals surface area contributed by atoms with E-state index in [9.17, 15) is 22.7 Å². The number of aromatic hydroxyl groups is 1. The number of ether oxygens (including phenoxy) is 1. The lowest BCUT2D eigenvalue weighted by Gasteiger charge is -2.27. The number of nitrogens with one attached hydrogen (secondary N) is 2. The molecule has 212 valence electrons. The smallest absolute Gasteiger partial charge is 0.416 e. The molecule has 0 saturated carbocycles. The van der Waals surface area contributed by atoms with E-state index in [2.05, 4.69) is 30.8 Å². The molecule has 0 unspecified atom stereocenters. The molecular weight excluding hydrogens is 542 g/mol. The van der Waals surface area contributed by atoms with Crippen LogP contribution in [0, 0.1) is 5.82 Å². The molecule has 4 aromatic rings. The molecule has 5 rings (SSSR count). The van der Waals surface area contributed by atoms with Gasteiger partial charge in [-0.1, -0.05) is 12.1 Å². The molecule has 41 heavy (non-hydrogen) atoms. The van der Waals surface area contributed by atoms with Gasteiger partial charge in [-0.15, -0.1) is 0 Å². The Bertz CT molecular complexity index is 1530. The molecule has 1 saturated heterocycles. The Morgan fingerprint density at radius 1 is 0.976 bits per heavy atom. The summed E-state index contributed by atoms with van der Waals surface area (Å²) in [6.45, 7) is 1.99. The average Bonchev–Trinajstić information content (AvgIpc) is 2.95. The Labute approximate surface area is 232 Å². The van der Waals surface area contributed by atoms with Crippen molar-refractivity contribution in [2.45, 2.75) is 12.6 Å². The molecule has 0 spiro atoms. The lowest BCUT2D eigenvalue weighted by molar-refractivity contribution is -0.137. The summed E-state index contributed by atoms with van der Waals surface area (Å²) in [5.41, 5.74) is 4.12. The first-order chi connectivity index (χ1) is 19.7. The van der Waals surface area contributed by atoms with Gasteiger partial charge in [0, 0.05) is 18.8 Å². The van der Waals surface area contributed by atoms with Crippen LogP contribution in [0.3, 0.4) is 0 Å². The van der Waals surface area contributed by atoms with E-state index < -0.39 is 17.6 Å². The third-order valence-corrected chi connectivity index (χ3v) is 6.11. The third-order valence-electron chi connectivity index (χ3n) is 6.11. The van der Waals surface area contributed by atoms with Crippen molar-refractivity contribution in [1.29, 1.82) is 0 Å². The SMILES string of the molecule is Oc1cccc(Cc2cc(Nc3ccc(/C=N/Nc4ncc(F)c(N5CCOCC5)n4)nc3)cc(C(F)(F)F)c2)c1. The highest BCUT2D eigenvalue weighted by molar-refractivity contribution is 5.78. The van der Waals surface area contributed by atoms with E-state index >= 15 is 0 Å². The lowest BCUT2D eigenvalue weighted by Crippen LogP contribution is -2.37. The van der Waals surface area contributed by atoms with E-state index in [4.69, 9.17) is 4.74 Å². The fourth-order valence-electron chi connectivity index (χ4n) is 4.22. The quantitative estimate of drug-likeness (QED) is 0.149. The normalized spacial score (nSPS) is 13.9. The van der Waals surface area contributed by atoms with Crippen LogP contribution in [0.5, 0.6) is 5.75 Å². The number of nitrogens with zero attached hydrogens (tertiary/aromatic N) is 5. The Morgan fingerprint density at radius 3 is 2.54 bits per heavy atom. The number of hydrogen-bond acceptors (Lipinski definition) is 9. The summed E-state index contributed by atoms with van der Waals surface area (Å²) in [6, 6.07) is 13.4. The monoisotopic (exact) mass is 567 g/mol. The number of hydrazone groups is 1. The minimum Gasteiger partial charge on any atom is -0.508 e. The molecule has 9 nitrogen and oxygen atoms in total. The van der Waals surface area contributed by atoms with E-state index in [1.807, 2.05) is 0 Å². The number of benzene rings is 2. The van der Waals surface area contributed by atoms with Crippen LogP contribution in [0.4, 0.5) is 40.7 Å². The number of morpholine rings is 1. The second-order valence-electron chi connectivity index (χ2n) is 9.19. The number of hydrogen-bond donors (Lipinski definition) is 3. The zero-order chi connectivity index (χ0) is 28.8. The topological polar surface area (TPSA) is 108 Å². The predicted molar refractivity (Wildman–Crippen MR) is 146 cm³/mol. The van der Waals surface area contributed by atoms with Gasteiger partial charge in [-0.2, -0.15) is 23.3 Å². The van der Waals surface area contributed by atoms with Gasteiger partial charge in [-0.3, -0.25) is 4.98 Å². The first-order valence-electron chi connectivity index (χ1n) is 12.6. The Balaban J connectivity index is 1.25. The predicted octanol–water partition coefficient (Wildman–Crippen LogP) is 5.35. The van der Waals surface area contributed by atoms with Crippen LogP contribution < -0.4 is 15.6 Å². The molecule has 0 bridgehead atoms. The van der Waals surface area contributed by atoms with Crippen LogP contribution in [0.25, 0.3) is 0 Å². The second-order valence-corrected chi connectivity index (χ2v) is 9.19. The minimum absolute atomic E-state index is 0.0423. The summed E-state index contributed by atoms with van der Waals surface area (Å²) in [6.07, 6.45) is -0.394. The van der Waals surface area contributed by atoms with E-state index in [1.54, 1.807) is 35.2 Å². The van der Waals surface area contributed by atoms with Crippen molar-refractivity contribution in [3.63, 3.8) is 0 Å². The number of halogens is 4. The summed E-state index contributed by atoms with van der Waals surface area (Å²) in [4.78, 5) is 14.1. The van der Waals surface area contributed by atoms with Gasteiger partial charge < -0.3 is 20.1 Å². The van der Waals surface area contributed by atoms with E-state index in [1.165, 1.54) is 24.5 Å². The Kier molecular flexibility index (Phi) is 8.24. The van der Waals surface area contributed by atoms with Gasteiger partial charge >= 0.3 is 6.18 Å². The number of anilines is 4. The number of rotatable bonds is 8. The standard InChI is InChI=1S/C28H25F4N7O2/c29-25-17-34-27(37-26(25)39-6-8-41-9-7-39)38-35-16-21-4-5-22(15-33-21)36-23-12-19(11-20(14-23)28(30,31)32)10-18-2-1-3-24(40)13-18/h1-5,11-17,36,40H,6-10H2,(H,34,37,38)/b35-16+. The summed E-state index contributed by atoms with van der Waals surface area (Å²) in [5, 5.41) is 16.7. The van der Waals surface area contributed by atoms with Crippen LogP contribution in [0.2, 0.25) is 0 Å². The molecule has 0 aliphatic carbocycles. The number of pyridine rings is 1. The summed E-state index contributed by atoms with van der Waals surface area (Å²) < 4.78 is 60.2. The van der Waals surface area contributed by atoms with Crippen molar-refractivity contribution in [1.82, 2.24) is 15.0 Å². The van der Waals surface area contributed by atoms with Crippen molar-refractivity contribution in [3.05, 3.63) is 95.2 Å². The van der Waals surface area contributed by atoms with Crippen molar-refractivity contribution >= 4 is 29.4 Å². The first kappa shape index (κ1) is 27.8. The van der Waals surface area contributed by atoms with Crippen LogP contribution in [-0.4, -0.2) is 52.6 Å². The highest BCUT2D eigenvalue weighted by atomic mass is 19.4. The Hall–Kier alpha value is -4.78. The summed E-state index contributed by atoms with van der Waals surface area (Å²) in [5.74, 6) is -0.234. The molecule has 2 aromatic heterocycles. The fraction of sp³-hybridized carbons (Fsp3) is 0.214. The fourth-order valence-corrected chi connectivity index (χ4v) is 4.22. The molecule has 0 amide bonds. The van der Waals surface area contributed by atoms with Crippen molar-refractivity contribution in [3.8, 4) is 5.75 Å². The molecule has 1 aliphatic heterocycles. The molecule has 2 aromatic carbocycles. The van der Waals surface area contributed by atoms with Gasteiger partial charge in [0.2, 0.25) is 5.95 Å². The Morgan fingerprint density at radius 2 is 1.80 bits per heavy atom. The van der Waals surface area contributed by atoms with Gasteiger partial charge in [0.25, 0.3) is 0 Å². The molecular formula is C28H25F4N7O2. The molecule has 0 radical (unpaired) electrons. The molecule has 3 N–H and O–H groups in total. The van der Waals surface area contributed by atoms with E-state index in [-0.39, 0.29) is 29.6 Å². The van der Waals surface area contributed by atoms with Gasteiger partial charge in [0.15, 0.2) is 11.6 Å². The zero-order valence-electron chi connectivity index (χ0n) is 21.6. The number of aromatic nitrogens is 3. The molecule has 1 aliphatic rings. The van der Waals surface area contributed by atoms with Crippen LogP contribution in [-0.2, 0) is 17.3 Å². The van der Waals surface area contributed by atoms with Crippen LogP contribution >= 0.6 is 0 Å². The van der Waals surface area contributed by atoms with Crippen LogP contribution in [0.15, 0.2) is 72.1 Å². The number of alkyl halides is 3. The molecule has 13 heteroatoms. The highest BCUT2D eigenvalue weighted by Crippen LogP contribution is 2.33. The number of phenolic OH excluding ortho intramolecular Hbond substituents is 1. The zero-order valence-corrected chi connectivity index (χ0v) is 21.6. The van der Waals surface area contributed by atoms with Crippen molar-refractivity contribution in [2.75, 3.05) is 41.9 Å². The maximum Gasteiger partial charge on any atom is 0.416 e. The third kappa shape index (κ3) is 7.45. The van der Waals surface area contributed by atoms with Gasteiger partial charge in [0.05, 0.1) is 48.8 Å². The lowest BCUT2D eigenvalue weighted by atomic mass is 10.0. The molecule has 0 atom stereocenters. The second kappa shape index (κ2) is 12.2. The average molecular weight is 568 g/mol. The maximum absolute atomic E-state index is 14.2. The van der Waals surface area contributed by atoms with Gasteiger partial charge in [0.1, 0.15) is 5.75 Å². The van der Waals surface area contributed by atoms with Gasteiger partial charge in [-0.05, 0) is 60.0 Å². The maximum atomic E-state index is 14.2. The summed E-state index contributed by atoms with van der Waals surface area (Å²) >= 11 is 0.